The Hall–Kier alpha value is -3.45. The number of benzene rings is 2. The fraction of sp³-hybridized carbons (Fsp3) is 0.208. The largest absolute Gasteiger partial charge is 0.494 e. The van der Waals surface area contributed by atoms with Crippen LogP contribution in [-0.4, -0.2) is 28.1 Å². The van der Waals surface area contributed by atoms with Gasteiger partial charge in [0.1, 0.15) is 11.3 Å². The quantitative estimate of drug-likeness (QED) is 0.358. The topological polar surface area (TPSA) is 63.6 Å². The zero-order chi connectivity index (χ0) is 22.0. The second-order valence-electron chi connectivity index (χ2n) is 7.18. The van der Waals surface area contributed by atoms with Gasteiger partial charge in [0.2, 0.25) is 0 Å². The number of hydrogen-bond donors (Lipinski definition) is 1. The standard InChI is InChI=1S/C24H23N3O3S/c1-3-13-26-15-16(19-7-5-6-8-21(19)26)14-20-22(28)25-24(31)27(23(20)29)17-9-11-18(12-10-17)30-4-2/h5-12,14-15H,3-4,13H2,1-2H3,(H,25,28,31)/b20-14+. The third kappa shape index (κ3) is 3.96. The number of amides is 2. The Morgan fingerprint density at radius 3 is 2.52 bits per heavy atom. The lowest BCUT2D eigenvalue weighted by molar-refractivity contribution is -0.122. The minimum atomic E-state index is -0.496. The Morgan fingerprint density at radius 1 is 1.06 bits per heavy atom. The molecule has 3 aromatic rings. The molecule has 31 heavy (non-hydrogen) atoms. The van der Waals surface area contributed by atoms with Crippen molar-refractivity contribution in [3.05, 3.63) is 65.9 Å². The monoisotopic (exact) mass is 433 g/mol. The number of nitrogens with zero attached hydrogens (tertiary/aromatic N) is 2. The normalized spacial score (nSPS) is 15.6. The van der Waals surface area contributed by atoms with Gasteiger partial charge in [-0.2, -0.15) is 0 Å². The van der Waals surface area contributed by atoms with E-state index in [0.29, 0.717) is 18.0 Å². The number of thiocarbonyl (C=S) groups is 1. The number of rotatable bonds is 6. The summed E-state index contributed by atoms with van der Waals surface area (Å²) in [6.45, 7) is 5.42. The average molecular weight is 434 g/mol. The molecule has 0 saturated carbocycles. The van der Waals surface area contributed by atoms with Gasteiger partial charge in [-0.05, 0) is 62.0 Å². The number of aromatic nitrogens is 1. The smallest absolute Gasteiger partial charge is 0.270 e. The van der Waals surface area contributed by atoms with E-state index in [1.807, 2.05) is 37.4 Å². The third-order valence-electron chi connectivity index (χ3n) is 5.09. The van der Waals surface area contributed by atoms with Gasteiger partial charge in [-0.3, -0.25) is 19.8 Å². The van der Waals surface area contributed by atoms with Crippen molar-refractivity contribution in [3.8, 4) is 5.75 Å². The predicted molar refractivity (Wildman–Crippen MR) is 126 cm³/mol. The maximum absolute atomic E-state index is 13.3. The highest BCUT2D eigenvalue weighted by Gasteiger charge is 2.34. The summed E-state index contributed by atoms with van der Waals surface area (Å²) in [6, 6.07) is 15.0. The molecular weight excluding hydrogens is 410 g/mol. The van der Waals surface area contributed by atoms with E-state index in [1.165, 1.54) is 4.90 Å². The summed E-state index contributed by atoms with van der Waals surface area (Å²) in [6.07, 6.45) is 4.61. The molecule has 7 heteroatoms. The molecule has 2 heterocycles. The van der Waals surface area contributed by atoms with Crippen LogP contribution in [0.4, 0.5) is 5.69 Å². The number of aryl methyl sites for hydroxylation is 1. The van der Waals surface area contributed by atoms with E-state index in [-0.39, 0.29) is 10.7 Å². The summed E-state index contributed by atoms with van der Waals surface area (Å²) < 4.78 is 7.60. The van der Waals surface area contributed by atoms with Gasteiger partial charge in [0.05, 0.1) is 12.3 Å². The zero-order valence-corrected chi connectivity index (χ0v) is 18.2. The summed E-state index contributed by atoms with van der Waals surface area (Å²) in [4.78, 5) is 27.3. The molecule has 1 aliphatic heterocycles. The molecule has 1 N–H and O–H groups in total. The predicted octanol–water partition coefficient (Wildman–Crippen LogP) is 4.28. The molecule has 158 valence electrons. The number of carbonyl (C=O) groups is 2. The van der Waals surface area contributed by atoms with E-state index < -0.39 is 11.8 Å². The molecule has 0 unspecified atom stereocenters. The Bertz CT molecular complexity index is 1190. The van der Waals surface area contributed by atoms with Crippen molar-refractivity contribution < 1.29 is 14.3 Å². The molecule has 1 saturated heterocycles. The number of nitrogens with one attached hydrogen (secondary N) is 1. The Morgan fingerprint density at radius 2 is 1.81 bits per heavy atom. The molecule has 6 nitrogen and oxygen atoms in total. The first-order valence-electron chi connectivity index (χ1n) is 10.3. The molecule has 1 aliphatic rings. The summed E-state index contributed by atoms with van der Waals surface area (Å²) in [7, 11) is 0. The van der Waals surface area contributed by atoms with Gasteiger partial charge in [-0.25, -0.2) is 0 Å². The van der Waals surface area contributed by atoms with Crippen LogP contribution in [-0.2, 0) is 16.1 Å². The first kappa shape index (κ1) is 20.8. The fourth-order valence-electron chi connectivity index (χ4n) is 3.72. The number of carbonyl (C=O) groups excluding carboxylic acids is 2. The summed E-state index contributed by atoms with van der Waals surface area (Å²) >= 11 is 5.29. The van der Waals surface area contributed by atoms with Crippen molar-refractivity contribution in [1.82, 2.24) is 9.88 Å². The highest BCUT2D eigenvalue weighted by atomic mass is 32.1. The van der Waals surface area contributed by atoms with Gasteiger partial charge in [-0.15, -0.1) is 0 Å². The Labute approximate surface area is 186 Å². The fourth-order valence-corrected chi connectivity index (χ4v) is 4.00. The number of para-hydroxylation sites is 1. The van der Waals surface area contributed by atoms with Crippen LogP contribution in [0.1, 0.15) is 25.8 Å². The van der Waals surface area contributed by atoms with E-state index in [4.69, 9.17) is 17.0 Å². The molecular formula is C24H23N3O3S. The lowest BCUT2D eigenvalue weighted by atomic mass is 10.1. The minimum Gasteiger partial charge on any atom is -0.494 e. The second-order valence-corrected chi connectivity index (χ2v) is 7.57. The molecule has 1 aromatic heterocycles. The third-order valence-corrected chi connectivity index (χ3v) is 5.38. The lowest BCUT2D eigenvalue weighted by Gasteiger charge is -2.29. The first-order chi connectivity index (χ1) is 15.0. The first-order valence-corrected chi connectivity index (χ1v) is 10.7. The van der Waals surface area contributed by atoms with Crippen LogP contribution >= 0.6 is 12.2 Å². The Kier molecular flexibility index (Phi) is 5.86. The van der Waals surface area contributed by atoms with E-state index in [1.54, 1.807) is 30.3 Å². The van der Waals surface area contributed by atoms with E-state index in [9.17, 15) is 9.59 Å². The Balaban J connectivity index is 1.74. The number of hydrogen-bond acceptors (Lipinski definition) is 4. The van der Waals surface area contributed by atoms with Crippen LogP contribution in [0.3, 0.4) is 0 Å². The van der Waals surface area contributed by atoms with Crippen molar-refractivity contribution in [2.24, 2.45) is 0 Å². The molecule has 4 rings (SSSR count). The molecule has 2 aromatic carbocycles. The van der Waals surface area contributed by atoms with Crippen LogP contribution in [0.2, 0.25) is 0 Å². The number of ether oxygens (including phenoxy) is 1. The molecule has 0 bridgehead atoms. The maximum atomic E-state index is 13.3. The van der Waals surface area contributed by atoms with Crippen molar-refractivity contribution in [2.45, 2.75) is 26.8 Å². The number of fused-ring (bicyclic) bond motifs is 1. The SMILES string of the molecule is CCCn1cc(/C=C2\C(=O)NC(=S)N(c3ccc(OCC)cc3)C2=O)c2ccccc21. The molecule has 2 amide bonds. The second kappa shape index (κ2) is 8.73. The van der Waals surface area contributed by atoms with Gasteiger partial charge >= 0.3 is 0 Å². The summed E-state index contributed by atoms with van der Waals surface area (Å²) in [5.41, 5.74) is 2.50. The van der Waals surface area contributed by atoms with E-state index >= 15 is 0 Å². The van der Waals surface area contributed by atoms with Gasteiger partial charge in [0.25, 0.3) is 11.8 Å². The summed E-state index contributed by atoms with van der Waals surface area (Å²) in [5.74, 6) is -0.250. The molecule has 0 aliphatic carbocycles. The maximum Gasteiger partial charge on any atom is 0.270 e. The minimum absolute atomic E-state index is 0.0434. The van der Waals surface area contributed by atoms with E-state index in [2.05, 4.69) is 16.8 Å². The highest BCUT2D eigenvalue weighted by Crippen LogP contribution is 2.27. The van der Waals surface area contributed by atoms with Gasteiger partial charge in [0, 0.05) is 29.2 Å². The van der Waals surface area contributed by atoms with Crippen LogP contribution in [0, 0.1) is 0 Å². The van der Waals surface area contributed by atoms with Crippen molar-refractivity contribution in [3.63, 3.8) is 0 Å². The molecule has 1 fully saturated rings. The van der Waals surface area contributed by atoms with Crippen LogP contribution < -0.4 is 15.0 Å². The van der Waals surface area contributed by atoms with Crippen molar-refractivity contribution >= 4 is 51.8 Å². The van der Waals surface area contributed by atoms with Crippen molar-refractivity contribution in [1.29, 1.82) is 0 Å². The van der Waals surface area contributed by atoms with Crippen molar-refractivity contribution in [2.75, 3.05) is 11.5 Å². The number of anilines is 1. The van der Waals surface area contributed by atoms with Gasteiger partial charge in [0.15, 0.2) is 5.11 Å². The molecule has 0 spiro atoms. The highest BCUT2D eigenvalue weighted by molar-refractivity contribution is 7.80. The van der Waals surface area contributed by atoms with Crippen LogP contribution in [0.5, 0.6) is 5.75 Å². The summed E-state index contributed by atoms with van der Waals surface area (Å²) in [5, 5.41) is 3.69. The van der Waals surface area contributed by atoms with E-state index in [0.717, 1.165) is 29.4 Å². The lowest BCUT2D eigenvalue weighted by Crippen LogP contribution is -2.54. The molecule has 0 radical (unpaired) electrons. The molecule has 0 atom stereocenters. The average Bonchev–Trinajstić information content (AvgIpc) is 3.10. The van der Waals surface area contributed by atoms with Gasteiger partial charge < -0.3 is 9.30 Å². The van der Waals surface area contributed by atoms with Gasteiger partial charge in [-0.1, -0.05) is 25.1 Å². The van der Waals surface area contributed by atoms with Crippen LogP contribution in [0.25, 0.3) is 17.0 Å². The van der Waals surface area contributed by atoms with Crippen LogP contribution in [0.15, 0.2) is 60.3 Å². The zero-order valence-electron chi connectivity index (χ0n) is 17.4.